The molecule has 0 atom stereocenters. The number of aromatic nitrogens is 3. The highest BCUT2D eigenvalue weighted by Gasteiger charge is 2.34. The maximum absolute atomic E-state index is 13.1. The van der Waals surface area contributed by atoms with Crippen LogP contribution >= 0.6 is 0 Å². The van der Waals surface area contributed by atoms with Gasteiger partial charge in [-0.1, -0.05) is 0 Å². The molecule has 6 heteroatoms. The number of hydrogen-bond acceptors (Lipinski definition) is 5. The van der Waals surface area contributed by atoms with Crippen LogP contribution in [0, 0.1) is 0 Å². The first kappa shape index (κ1) is 15.5. The Hall–Kier alpha value is -3.02. The maximum atomic E-state index is 13.1. The summed E-state index contributed by atoms with van der Waals surface area (Å²) in [5.74, 6) is 0.953. The summed E-state index contributed by atoms with van der Waals surface area (Å²) in [6, 6.07) is 7.66. The molecule has 3 heterocycles. The third kappa shape index (κ3) is 3.57. The maximum Gasteiger partial charge on any atom is 0.276 e. The second-order valence-corrected chi connectivity index (χ2v) is 6.21. The fourth-order valence-corrected chi connectivity index (χ4v) is 2.82. The Kier molecular flexibility index (Phi) is 4.24. The van der Waals surface area contributed by atoms with E-state index >= 15 is 0 Å². The molecular weight excluding hydrogens is 316 g/mol. The van der Waals surface area contributed by atoms with Gasteiger partial charge in [-0.15, -0.1) is 0 Å². The smallest absolute Gasteiger partial charge is 0.276 e. The van der Waals surface area contributed by atoms with Crippen molar-refractivity contribution in [2.75, 3.05) is 0 Å². The summed E-state index contributed by atoms with van der Waals surface area (Å²) in [5, 5.41) is 0. The van der Waals surface area contributed by atoms with Crippen molar-refractivity contribution in [3.05, 3.63) is 78.0 Å². The quantitative estimate of drug-likeness (QED) is 0.692. The molecule has 0 radical (unpaired) electrons. The summed E-state index contributed by atoms with van der Waals surface area (Å²) in [6.45, 7) is 0.973. The van der Waals surface area contributed by atoms with E-state index in [0.29, 0.717) is 24.7 Å². The molecule has 0 spiro atoms. The molecule has 0 aromatic carbocycles. The topological polar surface area (TPSA) is 72.1 Å². The van der Waals surface area contributed by atoms with Crippen LogP contribution in [0.15, 0.2) is 59.9 Å². The standard InChI is InChI=1S/C19H18N4O2/c24-19(17-18(16-1-2-16)25-13-22-17)23(11-14-3-7-20-8-4-14)12-15-5-9-21-10-6-15/h3-10,13,16H,1-2,11-12H2. The van der Waals surface area contributed by atoms with Gasteiger partial charge in [0, 0.05) is 43.8 Å². The van der Waals surface area contributed by atoms with Crippen LogP contribution in [-0.2, 0) is 13.1 Å². The van der Waals surface area contributed by atoms with Gasteiger partial charge in [-0.2, -0.15) is 0 Å². The van der Waals surface area contributed by atoms with Crippen LogP contribution < -0.4 is 0 Å². The Morgan fingerprint density at radius 3 is 2.08 bits per heavy atom. The normalized spacial score (nSPS) is 13.6. The van der Waals surface area contributed by atoms with Gasteiger partial charge in [0.2, 0.25) is 0 Å². The highest BCUT2D eigenvalue weighted by atomic mass is 16.3. The Morgan fingerprint density at radius 2 is 1.56 bits per heavy atom. The van der Waals surface area contributed by atoms with Crippen molar-refractivity contribution in [1.29, 1.82) is 0 Å². The SMILES string of the molecule is O=C(c1ncoc1C1CC1)N(Cc1ccncc1)Cc1ccncc1. The summed E-state index contributed by atoms with van der Waals surface area (Å²) >= 11 is 0. The summed E-state index contributed by atoms with van der Waals surface area (Å²) in [4.78, 5) is 27.2. The molecule has 25 heavy (non-hydrogen) atoms. The van der Waals surface area contributed by atoms with Crippen LogP contribution in [0.1, 0.15) is 46.1 Å². The molecule has 1 aliphatic rings. The van der Waals surface area contributed by atoms with Crippen molar-refractivity contribution >= 4 is 5.91 Å². The average molecular weight is 334 g/mol. The van der Waals surface area contributed by atoms with E-state index in [1.807, 2.05) is 24.3 Å². The highest BCUT2D eigenvalue weighted by molar-refractivity contribution is 5.93. The molecule has 1 fully saturated rings. The van der Waals surface area contributed by atoms with Crippen LogP contribution in [0.5, 0.6) is 0 Å². The zero-order valence-electron chi connectivity index (χ0n) is 13.7. The van der Waals surface area contributed by atoms with E-state index in [2.05, 4.69) is 15.0 Å². The molecule has 6 nitrogen and oxygen atoms in total. The van der Waals surface area contributed by atoms with E-state index in [-0.39, 0.29) is 5.91 Å². The predicted octanol–water partition coefficient (Wildman–Crippen LogP) is 3.18. The molecule has 3 aromatic heterocycles. The van der Waals surface area contributed by atoms with Gasteiger partial charge in [-0.05, 0) is 48.2 Å². The molecule has 0 N–H and O–H groups in total. The van der Waals surface area contributed by atoms with Gasteiger partial charge in [-0.25, -0.2) is 4.98 Å². The predicted molar refractivity (Wildman–Crippen MR) is 90.5 cm³/mol. The number of pyridine rings is 2. The first-order valence-corrected chi connectivity index (χ1v) is 8.31. The Bertz CT molecular complexity index is 803. The minimum absolute atomic E-state index is 0.107. The lowest BCUT2D eigenvalue weighted by Gasteiger charge is -2.22. The van der Waals surface area contributed by atoms with Gasteiger partial charge < -0.3 is 9.32 Å². The van der Waals surface area contributed by atoms with E-state index < -0.39 is 0 Å². The molecule has 1 aliphatic carbocycles. The molecule has 0 unspecified atom stereocenters. The highest BCUT2D eigenvalue weighted by Crippen LogP contribution is 2.41. The van der Waals surface area contributed by atoms with Crippen LogP contribution in [0.25, 0.3) is 0 Å². The summed E-state index contributed by atoms with van der Waals surface area (Å²) in [7, 11) is 0. The third-order valence-corrected chi connectivity index (χ3v) is 4.28. The Balaban J connectivity index is 1.61. The number of nitrogens with zero attached hydrogens (tertiary/aromatic N) is 4. The third-order valence-electron chi connectivity index (χ3n) is 4.28. The van der Waals surface area contributed by atoms with Crippen molar-refractivity contribution < 1.29 is 9.21 Å². The molecular formula is C19H18N4O2. The van der Waals surface area contributed by atoms with E-state index in [1.165, 1.54) is 6.39 Å². The van der Waals surface area contributed by atoms with Gasteiger partial charge in [-0.3, -0.25) is 14.8 Å². The minimum Gasteiger partial charge on any atom is -0.447 e. The molecule has 0 bridgehead atoms. The molecule has 126 valence electrons. The fraction of sp³-hybridized carbons (Fsp3) is 0.263. The zero-order valence-corrected chi connectivity index (χ0v) is 13.7. The van der Waals surface area contributed by atoms with Crippen LogP contribution in [0.2, 0.25) is 0 Å². The summed E-state index contributed by atoms with van der Waals surface area (Å²) < 4.78 is 5.48. The van der Waals surface area contributed by atoms with Crippen LogP contribution in [0.3, 0.4) is 0 Å². The number of carbonyl (C=O) groups is 1. The van der Waals surface area contributed by atoms with Crippen molar-refractivity contribution in [1.82, 2.24) is 19.9 Å². The van der Waals surface area contributed by atoms with Crippen molar-refractivity contribution in [2.45, 2.75) is 31.8 Å². The van der Waals surface area contributed by atoms with Crippen molar-refractivity contribution in [2.24, 2.45) is 0 Å². The number of rotatable bonds is 6. The molecule has 3 aromatic rings. The van der Waals surface area contributed by atoms with Gasteiger partial charge in [0.05, 0.1) is 0 Å². The lowest BCUT2D eigenvalue weighted by Crippen LogP contribution is -2.31. The van der Waals surface area contributed by atoms with Crippen LogP contribution in [-0.4, -0.2) is 25.8 Å². The first-order chi connectivity index (χ1) is 12.3. The number of hydrogen-bond donors (Lipinski definition) is 0. The van der Waals surface area contributed by atoms with E-state index in [9.17, 15) is 4.79 Å². The van der Waals surface area contributed by atoms with Gasteiger partial charge in [0.25, 0.3) is 5.91 Å². The second kappa shape index (κ2) is 6.84. The van der Waals surface area contributed by atoms with Gasteiger partial charge in [0.1, 0.15) is 5.76 Å². The van der Waals surface area contributed by atoms with Gasteiger partial charge >= 0.3 is 0 Å². The summed E-state index contributed by atoms with van der Waals surface area (Å²) in [5.41, 5.74) is 2.48. The number of amides is 1. The second-order valence-electron chi connectivity index (χ2n) is 6.21. The van der Waals surface area contributed by atoms with Gasteiger partial charge in [0.15, 0.2) is 12.1 Å². The molecule has 4 rings (SSSR count). The first-order valence-electron chi connectivity index (χ1n) is 8.31. The fourth-order valence-electron chi connectivity index (χ4n) is 2.82. The van der Waals surface area contributed by atoms with Crippen molar-refractivity contribution in [3.8, 4) is 0 Å². The Labute approximate surface area is 145 Å². The van der Waals surface area contributed by atoms with E-state index in [0.717, 1.165) is 29.7 Å². The van der Waals surface area contributed by atoms with E-state index in [4.69, 9.17) is 4.42 Å². The minimum atomic E-state index is -0.107. The number of carbonyl (C=O) groups excluding carboxylic acids is 1. The van der Waals surface area contributed by atoms with Crippen molar-refractivity contribution in [3.63, 3.8) is 0 Å². The largest absolute Gasteiger partial charge is 0.447 e. The zero-order chi connectivity index (χ0) is 17.1. The molecule has 0 aliphatic heterocycles. The molecule has 0 saturated heterocycles. The van der Waals surface area contributed by atoms with Crippen LogP contribution in [0.4, 0.5) is 0 Å². The summed E-state index contributed by atoms with van der Waals surface area (Å²) in [6.07, 6.45) is 10.4. The molecule has 1 amide bonds. The Morgan fingerprint density at radius 1 is 1.00 bits per heavy atom. The molecule has 1 saturated carbocycles. The monoisotopic (exact) mass is 334 g/mol. The van der Waals surface area contributed by atoms with E-state index in [1.54, 1.807) is 29.7 Å². The lowest BCUT2D eigenvalue weighted by molar-refractivity contribution is 0.0722. The lowest BCUT2D eigenvalue weighted by atomic mass is 10.1. The number of oxazole rings is 1. The average Bonchev–Trinajstić information content (AvgIpc) is 3.39.